The van der Waals surface area contributed by atoms with E-state index in [4.69, 9.17) is 9.97 Å². The molecule has 3 heterocycles. The average molecular weight is 519 g/mol. The molecule has 2 fully saturated rings. The van der Waals surface area contributed by atoms with Gasteiger partial charge in [0.05, 0.1) is 6.10 Å². The monoisotopic (exact) mass is 518 g/mol. The van der Waals surface area contributed by atoms with Crippen LogP contribution in [0, 0.1) is 0 Å². The first-order valence-corrected chi connectivity index (χ1v) is 14.8. The number of unbranched alkanes of at least 4 members (excludes halogenated alkanes) is 2. The van der Waals surface area contributed by atoms with Gasteiger partial charge in [-0.1, -0.05) is 50.5 Å². The molecule has 1 saturated carbocycles. The molecular formula is C31H46N6O. The van der Waals surface area contributed by atoms with Crippen LogP contribution in [0.25, 0.3) is 22.2 Å². The SMILES string of the molecule is CCCCC[C@@H](C)Nc1ncc2c(-c3ccc(CN4CCN(C)CC4)cc3)cn(C3CCC(O)CC3)c2n1. The highest BCUT2D eigenvalue weighted by atomic mass is 16.3. The van der Waals surface area contributed by atoms with E-state index < -0.39 is 0 Å². The normalized spacial score (nSPS) is 22.1. The molecule has 0 amide bonds. The average Bonchev–Trinajstić information content (AvgIpc) is 3.30. The lowest BCUT2D eigenvalue weighted by molar-refractivity contribution is 0.111. The third-order valence-electron chi connectivity index (χ3n) is 8.51. The Labute approximate surface area is 228 Å². The van der Waals surface area contributed by atoms with E-state index in [1.54, 1.807) is 0 Å². The molecule has 1 saturated heterocycles. The van der Waals surface area contributed by atoms with Crippen molar-refractivity contribution in [3.8, 4) is 11.1 Å². The van der Waals surface area contributed by atoms with Crippen LogP contribution in [-0.2, 0) is 6.54 Å². The van der Waals surface area contributed by atoms with Crippen LogP contribution in [-0.4, -0.2) is 74.8 Å². The molecule has 2 aliphatic rings. The number of aliphatic hydroxyl groups is 1. The molecule has 0 bridgehead atoms. The summed E-state index contributed by atoms with van der Waals surface area (Å²) in [5, 5.41) is 14.8. The fourth-order valence-electron chi connectivity index (χ4n) is 5.99. The minimum absolute atomic E-state index is 0.170. The van der Waals surface area contributed by atoms with E-state index in [-0.39, 0.29) is 6.10 Å². The summed E-state index contributed by atoms with van der Waals surface area (Å²) in [7, 11) is 2.20. The van der Waals surface area contributed by atoms with Crippen molar-refractivity contribution in [2.75, 3.05) is 38.5 Å². The van der Waals surface area contributed by atoms with Gasteiger partial charge < -0.3 is 19.9 Å². The molecule has 5 rings (SSSR count). The van der Waals surface area contributed by atoms with Gasteiger partial charge in [0.1, 0.15) is 5.65 Å². The Hall–Kier alpha value is -2.48. The number of piperazine rings is 1. The molecule has 1 aliphatic carbocycles. The van der Waals surface area contributed by atoms with Crippen LogP contribution in [0.5, 0.6) is 0 Å². The Bertz CT molecular complexity index is 1160. The summed E-state index contributed by atoms with van der Waals surface area (Å²) < 4.78 is 2.36. The van der Waals surface area contributed by atoms with Crippen LogP contribution in [0.1, 0.15) is 76.8 Å². The van der Waals surface area contributed by atoms with E-state index in [1.165, 1.54) is 36.0 Å². The fourth-order valence-corrected chi connectivity index (χ4v) is 5.99. The lowest BCUT2D eigenvalue weighted by Gasteiger charge is -2.32. The number of aromatic nitrogens is 3. The molecule has 7 heteroatoms. The molecule has 38 heavy (non-hydrogen) atoms. The first-order valence-electron chi connectivity index (χ1n) is 14.8. The number of hydrogen-bond acceptors (Lipinski definition) is 6. The minimum Gasteiger partial charge on any atom is -0.393 e. The topological polar surface area (TPSA) is 69.5 Å². The standard InChI is InChI=1S/C31H46N6O/c1-4-5-6-7-23(2)33-31-32-20-28-29(22-37(30(28)34-31)26-12-14-27(38)15-13-26)25-10-8-24(9-11-25)21-36-18-16-35(3)17-19-36/h8-11,20,22-23,26-27,38H,4-7,12-19,21H2,1-3H3,(H,32,33,34)/t23-,26?,27?/m1/s1. The summed E-state index contributed by atoms with van der Waals surface area (Å²) in [5.74, 6) is 0.714. The Morgan fingerprint density at radius 2 is 1.76 bits per heavy atom. The van der Waals surface area contributed by atoms with Gasteiger partial charge in [0.15, 0.2) is 0 Å². The predicted molar refractivity (Wildman–Crippen MR) is 156 cm³/mol. The van der Waals surface area contributed by atoms with Gasteiger partial charge >= 0.3 is 0 Å². The van der Waals surface area contributed by atoms with Crippen molar-refractivity contribution in [3.63, 3.8) is 0 Å². The van der Waals surface area contributed by atoms with Crippen molar-refractivity contribution in [2.24, 2.45) is 0 Å². The zero-order chi connectivity index (χ0) is 26.5. The molecule has 0 radical (unpaired) electrons. The van der Waals surface area contributed by atoms with Crippen molar-refractivity contribution in [1.29, 1.82) is 0 Å². The zero-order valence-electron chi connectivity index (χ0n) is 23.6. The van der Waals surface area contributed by atoms with E-state index in [9.17, 15) is 5.11 Å². The summed E-state index contributed by atoms with van der Waals surface area (Å²) in [4.78, 5) is 14.7. The molecule has 3 aromatic rings. The third kappa shape index (κ3) is 6.56. The highest BCUT2D eigenvalue weighted by molar-refractivity contribution is 5.94. The smallest absolute Gasteiger partial charge is 0.224 e. The molecule has 1 aromatic carbocycles. The van der Waals surface area contributed by atoms with Crippen LogP contribution < -0.4 is 5.32 Å². The quantitative estimate of drug-likeness (QED) is 0.336. The first-order chi connectivity index (χ1) is 18.5. The molecule has 7 nitrogen and oxygen atoms in total. The maximum Gasteiger partial charge on any atom is 0.224 e. The van der Waals surface area contributed by atoms with Crippen LogP contribution in [0.3, 0.4) is 0 Å². The number of nitrogens with one attached hydrogen (secondary N) is 1. The lowest BCUT2D eigenvalue weighted by Crippen LogP contribution is -2.43. The molecule has 206 valence electrons. The predicted octanol–water partition coefficient (Wildman–Crippen LogP) is 5.70. The van der Waals surface area contributed by atoms with E-state index in [1.807, 2.05) is 6.20 Å². The highest BCUT2D eigenvalue weighted by Crippen LogP contribution is 2.37. The molecule has 1 aliphatic heterocycles. The number of hydrogen-bond donors (Lipinski definition) is 2. The zero-order valence-corrected chi connectivity index (χ0v) is 23.6. The van der Waals surface area contributed by atoms with Crippen molar-refractivity contribution in [3.05, 3.63) is 42.2 Å². The number of rotatable bonds is 10. The number of nitrogens with zero attached hydrogens (tertiary/aromatic N) is 5. The van der Waals surface area contributed by atoms with Gasteiger partial charge in [-0.2, -0.15) is 4.98 Å². The van der Waals surface area contributed by atoms with Crippen LogP contribution in [0.2, 0.25) is 0 Å². The summed E-state index contributed by atoms with van der Waals surface area (Å²) in [5.41, 5.74) is 4.77. The van der Waals surface area contributed by atoms with Gasteiger partial charge in [-0.05, 0) is 57.2 Å². The Morgan fingerprint density at radius 1 is 1.03 bits per heavy atom. The van der Waals surface area contributed by atoms with Crippen molar-refractivity contribution >= 4 is 17.0 Å². The summed E-state index contributed by atoms with van der Waals surface area (Å²) in [6, 6.07) is 9.79. The third-order valence-corrected chi connectivity index (χ3v) is 8.51. The number of aliphatic hydroxyl groups excluding tert-OH is 1. The second kappa shape index (κ2) is 12.6. The Kier molecular flexibility index (Phi) is 8.97. The van der Waals surface area contributed by atoms with Gasteiger partial charge in [-0.15, -0.1) is 0 Å². The summed E-state index contributed by atoms with van der Waals surface area (Å²) >= 11 is 0. The minimum atomic E-state index is -0.170. The number of benzene rings is 1. The lowest BCUT2D eigenvalue weighted by atomic mass is 9.93. The largest absolute Gasteiger partial charge is 0.393 e. The van der Waals surface area contributed by atoms with Gasteiger partial charge in [-0.3, -0.25) is 4.90 Å². The molecular weight excluding hydrogens is 472 g/mol. The number of anilines is 1. The van der Waals surface area contributed by atoms with E-state index in [0.29, 0.717) is 18.0 Å². The second-order valence-electron chi connectivity index (χ2n) is 11.7. The maximum absolute atomic E-state index is 10.1. The van der Waals surface area contributed by atoms with E-state index in [2.05, 4.69) is 71.0 Å². The van der Waals surface area contributed by atoms with Crippen molar-refractivity contribution < 1.29 is 5.11 Å². The molecule has 0 unspecified atom stereocenters. The Morgan fingerprint density at radius 3 is 2.47 bits per heavy atom. The van der Waals surface area contributed by atoms with E-state index >= 15 is 0 Å². The first kappa shape index (κ1) is 27.1. The number of fused-ring (bicyclic) bond motifs is 1. The van der Waals surface area contributed by atoms with Crippen LogP contribution in [0.4, 0.5) is 5.95 Å². The number of likely N-dealkylation sites (N-methyl/N-ethyl adjacent to an activating group) is 1. The maximum atomic E-state index is 10.1. The molecule has 2 N–H and O–H groups in total. The van der Waals surface area contributed by atoms with Crippen LogP contribution in [0.15, 0.2) is 36.7 Å². The van der Waals surface area contributed by atoms with Gasteiger partial charge in [0.2, 0.25) is 5.95 Å². The second-order valence-corrected chi connectivity index (χ2v) is 11.7. The molecule has 1 atom stereocenters. The van der Waals surface area contributed by atoms with Gasteiger partial charge in [0.25, 0.3) is 0 Å². The fraction of sp³-hybridized carbons (Fsp3) is 0.613. The highest BCUT2D eigenvalue weighted by Gasteiger charge is 2.24. The van der Waals surface area contributed by atoms with Gasteiger partial charge in [-0.25, -0.2) is 4.98 Å². The summed E-state index contributed by atoms with van der Waals surface area (Å²) in [6.45, 7) is 10.0. The van der Waals surface area contributed by atoms with Gasteiger partial charge in [0, 0.05) is 68.2 Å². The molecule has 2 aromatic heterocycles. The van der Waals surface area contributed by atoms with Crippen molar-refractivity contribution in [1.82, 2.24) is 24.3 Å². The van der Waals surface area contributed by atoms with Crippen molar-refractivity contribution in [2.45, 2.75) is 89.9 Å². The summed E-state index contributed by atoms with van der Waals surface area (Å²) in [6.07, 6.45) is 12.6. The molecule has 0 spiro atoms. The van der Waals surface area contributed by atoms with Crippen LogP contribution >= 0.6 is 0 Å². The van der Waals surface area contributed by atoms with E-state index in [0.717, 1.165) is 75.9 Å². The Balaban J connectivity index is 1.39.